The molecule has 0 bridgehead atoms. The Labute approximate surface area is 136 Å². The van der Waals surface area contributed by atoms with Crippen molar-refractivity contribution in [3.8, 4) is 0 Å². The molecular formula is C15H12FNO6S. The third-order valence-electron chi connectivity index (χ3n) is 3.03. The molecule has 0 spiro atoms. The van der Waals surface area contributed by atoms with Crippen LogP contribution in [0.15, 0.2) is 47.4 Å². The molecule has 0 atom stereocenters. The Morgan fingerprint density at radius 3 is 2.29 bits per heavy atom. The van der Waals surface area contributed by atoms with Gasteiger partial charge in [0.2, 0.25) is 0 Å². The topological polar surface area (TPSA) is 110 Å². The zero-order valence-electron chi connectivity index (χ0n) is 12.3. The molecule has 2 N–H and O–H groups in total. The van der Waals surface area contributed by atoms with E-state index in [4.69, 9.17) is 5.11 Å². The normalized spacial score (nSPS) is 10.9. The van der Waals surface area contributed by atoms with Gasteiger partial charge in [0.1, 0.15) is 5.82 Å². The quantitative estimate of drug-likeness (QED) is 0.797. The standard InChI is InChI=1S/C15H12FNO6S/c1-23-15(20)9-2-5-11(6-3-9)24(21,22)17-10-4-7-13(16)12(8-10)14(18)19/h2-8,17H,1H3,(H,18,19). The lowest BCUT2D eigenvalue weighted by Crippen LogP contribution is -2.14. The molecule has 0 amide bonds. The average molecular weight is 353 g/mol. The minimum absolute atomic E-state index is 0.106. The summed E-state index contributed by atoms with van der Waals surface area (Å²) < 4.78 is 44.5. The predicted octanol–water partition coefficient (Wildman–Crippen LogP) is 2.11. The number of ether oxygens (including phenoxy) is 1. The van der Waals surface area contributed by atoms with E-state index in [0.717, 1.165) is 18.2 Å². The van der Waals surface area contributed by atoms with Gasteiger partial charge in [0.25, 0.3) is 10.0 Å². The van der Waals surface area contributed by atoms with Crippen molar-refractivity contribution in [1.82, 2.24) is 0 Å². The minimum Gasteiger partial charge on any atom is -0.478 e. The van der Waals surface area contributed by atoms with Crippen LogP contribution in [0.2, 0.25) is 0 Å². The first kappa shape index (κ1) is 17.4. The highest BCUT2D eigenvalue weighted by atomic mass is 32.2. The Bertz CT molecular complexity index is 893. The molecule has 0 radical (unpaired) electrons. The summed E-state index contributed by atoms with van der Waals surface area (Å²) >= 11 is 0. The number of carbonyl (C=O) groups is 2. The monoisotopic (exact) mass is 353 g/mol. The van der Waals surface area contributed by atoms with Gasteiger partial charge in [-0.05, 0) is 42.5 Å². The summed E-state index contributed by atoms with van der Waals surface area (Å²) in [7, 11) is -2.84. The number of methoxy groups -OCH3 is 1. The molecule has 7 nitrogen and oxygen atoms in total. The molecule has 0 unspecified atom stereocenters. The summed E-state index contributed by atoms with van der Waals surface area (Å²) in [5, 5.41) is 8.85. The summed E-state index contributed by atoms with van der Waals surface area (Å²) in [6.45, 7) is 0. The highest BCUT2D eigenvalue weighted by Crippen LogP contribution is 2.20. The van der Waals surface area contributed by atoms with E-state index in [2.05, 4.69) is 9.46 Å². The van der Waals surface area contributed by atoms with E-state index in [0.29, 0.717) is 0 Å². The van der Waals surface area contributed by atoms with E-state index in [1.165, 1.54) is 31.4 Å². The lowest BCUT2D eigenvalue weighted by atomic mass is 10.2. The molecule has 0 fully saturated rings. The number of carboxylic acid groups (broad SMARTS) is 1. The van der Waals surface area contributed by atoms with Crippen molar-refractivity contribution >= 4 is 27.6 Å². The zero-order valence-corrected chi connectivity index (χ0v) is 13.1. The van der Waals surface area contributed by atoms with Gasteiger partial charge in [0.05, 0.1) is 23.1 Å². The van der Waals surface area contributed by atoms with E-state index >= 15 is 0 Å². The molecule has 2 aromatic carbocycles. The summed E-state index contributed by atoms with van der Waals surface area (Å²) in [5.74, 6) is -3.11. The molecule has 126 valence electrons. The van der Waals surface area contributed by atoms with Gasteiger partial charge in [-0.1, -0.05) is 0 Å². The van der Waals surface area contributed by atoms with Gasteiger partial charge in [-0.3, -0.25) is 4.72 Å². The molecule has 2 aromatic rings. The van der Waals surface area contributed by atoms with Crippen molar-refractivity contribution in [2.75, 3.05) is 11.8 Å². The molecule has 0 saturated heterocycles. The number of nitrogens with one attached hydrogen (secondary N) is 1. The maximum absolute atomic E-state index is 13.3. The molecule has 9 heteroatoms. The average Bonchev–Trinajstić information content (AvgIpc) is 2.55. The van der Waals surface area contributed by atoms with Crippen molar-refractivity contribution < 1.29 is 32.2 Å². The van der Waals surface area contributed by atoms with Gasteiger partial charge in [-0.15, -0.1) is 0 Å². The van der Waals surface area contributed by atoms with Crippen LogP contribution in [0.25, 0.3) is 0 Å². The van der Waals surface area contributed by atoms with Crippen molar-refractivity contribution in [3.63, 3.8) is 0 Å². The summed E-state index contributed by atoms with van der Waals surface area (Å²) in [4.78, 5) is 22.0. The third kappa shape index (κ3) is 3.69. The van der Waals surface area contributed by atoms with Gasteiger partial charge < -0.3 is 9.84 Å². The number of hydrogen-bond donors (Lipinski definition) is 2. The van der Waals surface area contributed by atoms with Crippen molar-refractivity contribution in [3.05, 3.63) is 59.4 Å². The van der Waals surface area contributed by atoms with Gasteiger partial charge >= 0.3 is 11.9 Å². The Balaban J connectivity index is 2.30. The van der Waals surface area contributed by atoms with Crippen LogP contribution in [0, 0.1) is 5.82 Å². The Morgan fingerprint density at radius 2 is 1.75 bits per heavy atom. The van der Waals surface area contributed by atoms with Crippen molar-refractivity contribution in [1.29, 1.82) is 0 Å². The first-order chi connectivity index (χ1) is 11.2. The summed E-state index contributed by atoms with van der Waals surface area (Å²) in [6.07, 6.45) is 0. The van der Waals surface area contributed by atoms with E-state index in [-0.39, 0.29) is 16.1 Å². The fraction of sp³-hybridized carbons (Fsp3) is 0.0667. The second kappa shape index (κ2) is 6.67. The number of carbonyl (C=O) groups excluding carboxylic acids is 1. The lowest BCUT2D eigenvalue weighted by Gasteiger charge is -2.09. The number of rotatable bonds is 5. The number of carboxylic acids is 1. The van der Waals surface area contributed by atoms with Crippen LogP contribution >= 0.6 is 0 Å². The summed E-state index contributed by atoms with van der Waals surface area (Å²) in [5.41, 5.74) is -0.589. The van der Waals surface area contributed by atoms with Crippen LogP contribution in [-0.4, -0.2) is 32.6 Å². The fourth-order valence-electron chi connectivity index (χ4n) is 1.85. The van der Waals surface area contributed by atoms with E-state index in [9.17, 15) is 22.4 Å². The third-order valence-corrected chi connectivity index (χ3v) is 4.43. The molecule has 0 aliphatic carbocycles. The minimum atomic E-state index is -4.04. The van der Waals surface area contributed by atoms with Crippen molar-refractivity contribution in [2.45, 2.75) is 4.90 Å². The summed E-state index contributed by atoms with van der Waals surface area (Å²) in [6, 6.07) is 7.75. The molecule has 0 heterocycles. The molecule has 0 aliphatic heterocycles. The molecule has 0 aliphatic rings. The second-order valence-corrected chi connectivity index (χ2v) is 6.30. The molecular weight excluding hydrogens is 341 g/mol. The van der Waals surface area contributed by atoms with Crippen LogP contribution in [0.5, 0.6) is 0 Å². The van der Waals surface area contributed by atoms with Crippen LogP contribution in [0.1, 0.15) is 20.7 Å². The number of anilines is 1. The Morgan fingerprint density at radius 1 is 1.12 bits per heavy atom. The SMILES string of the molecule is COC(=O)c1ccc(S(=O)(=O)Nc2ccc(F)c(C(=O)O)c2)cc1. The largest absolute Gasteiger partial charge is 0.478 e. The first-order valence-electron chi connectivity index (χ1n) is 6.48. The number of halogens is 1. The Hall–Kier alpha value is -2.94. The van der Waals surface area contributed by atoms with Crippen LogP contribution in [0.3, 0.4) is 0 Å². The zero-order chi connectivity index (χ0) is 17.9. The van der Waals surface area contributed by atoms with Crippen LogP contribution in [0.4, 0.5) is 10.1 Å². The van der Waals surface area contributed by atoms with Gasteiger partial charge in [-0.2, -0.15) is 0 Å². The number of benzene rings is 2. The number of sulfonamides is 1. The first-order valence-corrected chi connectivity index (χ1v) is 7.97. The molecule has 0 saturated carbocycles. The van der Waals surface area contributed by atoms with E-state index in [1.807, 2.05) is 0 Å². The van der Waals surface area contributed by atoms with Gasteiger partial charge in [0.15, 0.2) is 0 Å². The van der Waals surface area contributed by atoms with Crippen LogP contribution in [-0.2, 0) is 14.8 Å². The van der Waals surface area contributed by atoms with Gasteiger partial charge in [0, 0.05) is 5.69 Å². The Kier molecular flexibility index (Phi) is 4.84. The smallest absolute Gasteiger partial charge is 0.338 e. The second-order valence-electron chi connectivity index (χ2n) is 4.62. The molecule has 24 heavy (non-hydrogen) atoms. The van der Waals surface area contributed by atoms with Gasteiger partial charge in [-0.25, -0.2) is 22.4 Å². The van der Waals surface area contributed by atoms with Crippen molar-refractivity contribution in [2.24, 2.45) is 0 Å². The predicted molar refractivity (Wildman–Crippen MR) is 81.9 cm³/mol. The van der Waals surface area contributed by atoms with E-state index < -0.39 is 33.3 Å². The number of hydrogen-bond acceptors (Lipinski definition) is 5. The number of esters is 1. The highest BCUT2D eigenvalue weighted by molar-refractivity contribution is 7.92. The maximum Gasteiger partial charge on any atom is 0.338 e. The molecule has 2 rings (SSSR count). The highest BCUT2D eigenvalue weighted by Gasteiger charge is 2.17. The van der Waals surface area contributed by atoms with E-state index in [1.54, 1.807) is 0 Å². The maximum atomic E-state index is 13.3. The fourth-order valence-corrected chi connectivity index (χ4v) is 2.90. The number of aromatic carboxylic acids is 1. The molecule has 0 aromatic heterocycles. The van der Waals surface area contributed by atoms with Crippen LogP contribution < -0.4 is 4.72 Å². The lowest BCUT2D eigenvalue weighted by molar-refractivity contribution is 0.0599.